The number of carbonyl (C=O) groups is 1. The molecule has 3 rings (SSSR count). The number of piperazine rings is 1. The molecule has 1 aromatic carbocycles. The van der Waals surface area contributed by atoms with Gasteiger partial charge in [0.1, 0.15) is 23.2 Å². The van der Waals surface area contributed by atoms with Gasteiger partial charge in [-0.2, -0.15) is 0 Å². The van der Waals surface area contributed by atoms with Gasteiger partial charge in [-0.25, -0.2) is 14.4 Å². The van der Waals surface area contributed by atoms with Gasteiger partial charge in [0.15, 0.2) is 0 Å². The van der Waals surface area contributed by atoms with Crippen LogP contribution < -0.4 is 9.80 Å². The van der Waals surface area contributed by atoms with Crippen LogP contribution >= 0.6 is 0 Å². The SMILES string of the molecule is CCCN(CCC)C(=O)c1cc(N2CCN(c3ccccc3F)CC2)nc(C)n1. The first-order valence-corrected chi connectivity index (χ1v) is 10.4. The summed E-state index contributed by atoms with van der Waals surface area (Å²) in [5.41, 5.74) is 1.09. The van der Waals surface area contributed by atoms with Gasteiger partial charge in [0.25, 0.3) is 5.91 Å². The molecule has 0 atom stereocenters. The van der Waals surface area contributed by atoms with Gasteiger partial charge < -0.3 is 14.7 Å². The van der Waals surface area contributed by atoms with E-state index < -0.39 is 0 Å². The molecule has 6 nitrogen and oxygen atoms in total. The number of aromatic nitrogens is 2. The monoisotopic (exact) mass is 399 g/mol. The number of para-hydroxylation sites is 1. The average molecular weight is 400 g/mol. The molecule has 1 amide bonds. The fourth-order valence-electron chi connectivity index (χ4n) is 3.72. The molecule has 0 spiro atoms. The second-order valence-corrected chi connectivity index (χ2v) is 7.38. The molecule has 7 heteroatoms. The summed E-state index contributed by atoms with van der Waals surface area (Å²) in [5.74, 6) is 1.13. The molecule has 29 heavy (non-hydrogen) atoms. The van der Waals surface area contributed by atoms with Crippen molar-refractivity contribution in [1.29, 1.82) is 0 Å². The molecule has 1 aliphatic heterocycles. The van der Waals surface area contributed by atoms with E-state index in [-0.39, 0.29) is 11.7 Å². The molecule has 1 fully saturated rings. The second kappa shape index (κ2) is 9.67. The zero-order valence-corrected chi connectivity index (χ0v) is 17.6. The summed E-state index contributed by atoms with van der Waals surface area (Å²) in [5, 5.41) is 0. The smallest absolute Gasteiger partial charge is 0.272 e. The summed E-state index contributed by atoms with van der Waals surface area (Å²) in [6.07, 6.45) is 1.83. The molecular formula is C22H30FN5O. The zero-order valence-electron chi connectivity index (χ0n) is 17.6. The van der Waals surface area contributed by atoms with Crippen LogP contribution in [-0.2, 0) is 0 Å². The van der Waals surface area contributed by atoms with Crippen molar-refractivity contribution < 1.29 is 9.18 Å². The third-order valence-corrected chi connectivity index (χ3v) is 5.11. The van der Waals surface area contributed by atoms with Crippen LogP contribution in [-0.4, -0.2) is 60.0 Å². The number of hydrogen-bond acceptors (Lipinski definition) is 5. The Kier molecular flexibility index (Phi) is 7.01. The Hall–Kier alpha value is -2.70. The number of hydrogen-bond donors (Lipinski definition) is 0. The third kappa shape index (κ3) is 5.02. The van der Waals surface area contributed by atoms with Crippen LogP contribution in [0.15, 0.2) is 30.3 Å². The van der Waals surface area contributed by atoms with Gasteiger partial charge >= 0.3 is 0 Å². The predicted molar refractivity (Wildman–Crippen MR) is 114 cm³/mol. The minimum absolute atomic E-state index is 0.0366. The number of nitrogens with zero attached hydrogens (tertiary/aromatic N) is 5. The number of aryl methyl sites for hydroxylation is 1. The Balaban J connectivity index is 1.73. The molecule has 0 radical (unpaired) electrons. The lowest BCUT2D eigenvalue weighted by Gasteiger charge is -2.37. The van der Waals surface area contributed by atoms with Gasteiger partial charge in [-0.1, -0.05) is 26.0 Å². The maximum Gasteiger partial charge on any atom is 0.272 e. The summed E-state index contributed by atoms with van der Waals surface area (Å²) in [7, 11) is 0. The van der Waals surface area contributed by atoms with Crippen molar-refractivity contribution in [3.05, 3.63) is 47.7 Å². The highest BCUT2D eigenvalue weighted by atomic mass is 19.1. The molecule has 2 heterocycles. The minimum atomic E-state index is -0.196. The standard InChI is InChI=1S/C22H30FN5O/c1-4-10-28(11-5-2)22(29)19-16-21(25-17(3)24-19)27-14-12-26(13-15-27)20-9-7-6-8-18(20)23/h6-9,16H,4-5,10-15H2,1-3H3. The van der Waals surface area contributed by atoms with Crippen LogP contribution in [0.5, 0.6) is 0 Å². The molecule has 1 aliphatic rings. The van der Waals surface area contributed by atoms with Gasteiger partial charge in [0.05, 0.1) is 5.69 Å². The number of carbonyl (C=O) groups excluding carboxylic acids is 1. The fourth-order valence-corrected chi connectivity index (χ4v) is 3.72. The lowest BCUT2D eigenvalue weighted by Crippen LogP contribution is -2.47. The molecule has 1 aromatic heterocycles. The van der Waals surface area contributed by atoms with E-state index in [2.05, 4.69) is 33.6 Å². The lowest BCUT2D eigenvalue weighted by molar-refractivity contribution is 0.0749. The number of benzene rings is 1. The molecule has 0 saturated carbocycles. The molecule has 0 unspecified atom stereocenters. The second-order valence-electron chi connectivity index (χ2n) is 7.38. The number of rotatable bonds is 7. The first kappa shape index (κ1) is 21.0. The van der Waals surface area contributed by atoms with Crippen molar-refractivity contribution in [1.82, 2.24) is 14.9 Å². The summed E-state index contributed by atoms with van der Waals surface area (Å²) < 4.78 is 14.1. The Bertz CT molecular complexity index is 830. The molecule has 0 bridgehead atoms. The van der Waals surface area contributed by atoms with E-state index in [1.54, 1.807) is 12.1 Å². The van der Waals surface area contributed by atoms with E-state index in [4.69, 9.17) is 0 Å². The summed E-state index contributed by atoms with van der Waals surface area (Å²) in [4.78, 5) is 28.0. The van der Waals surface area contributed by atoms with Crippen molar-refractivity contribution in [3.63, 3.8) is 0 Å². The van der Waals surface area contributed by atoms with Gasteiger partial charge in [0.2, 0.25) is 0 Å². The minimum Gasteiger partial charge on any atom is -0.366 e. The summed E-state index contributed by atoms with van der Waals surface area (Å²) in [6, 6.07) is 8.66. The van der Waals surface area contributed by atoms with Crippen LogP contribution in [0, 0.1) is 12.7 Å². The van der Waals surface area contributed by atoms with Gasteiger partial charge in [-0.15, -0.1) is 0 Å². The average Bonchev–Trinajstić information content (AvgIpc) is 2.73. The Morgan fingerprint density at radius 2 is 1.66 bits per heavy atom. The van der Waals surface area contributed by atoms with E-state index >= 15 is 0 Å². The molecule has 0 N–H and O–H groups in total. The van der Waals surface area contributed by atoms with Gasteiger partial charge in [-0.05, 0) is 31.9 Å². The first-order valence-electron chi connectivity index (χ1n) is 10.4. The van der Waals surface area contributed by atoms with E-state index in [9.17, 15) is 9.18 Å². The van der Waals surface area contributed by atoms with Crippen LogP contribution in [0.3, 0.4) is 0 Å². The van der Waals surface area contributed by atoms with E-state index in [0.29, 0.717) is 43.4 Å². The topological polar surface area (TPSA) is 52.6 Å². The van der Waals surface area contributed by atoms with Crippen molar-refractivity contribution in [2.24, 2.45) is 0 Å². The van der Waals surface area contributed by atoms with Crippen LogP contribution in [0.4, 0.5) is 15.9 Å². The highest BCUT2D eigenvalue weighted by Gasteiger charge is 2.23. The Morgan fingerprint density at radius 1 is 1.03 bits per heavy atom. The van der Waals surface area contributed by atoms with Gasteiger partial charge in [-0.3, -0.25) is 4.79 Å². The molecule has 156 valence electrons. The maximum atomic E-state index is 14.1. The van der Waals surface area contributed by atoms with Crippen LogP contribution in [0.2, 0.25) is 0 Å². The van der Waals surface area contributed by atoms with Crippen molar-refractivity contribution in [3.8, 4) is 0 Å². The van der Waals surface area contributed by atoms with Crippen molar-refractivity contribution >= 4 is 17.4 Å². The Morgan fingerprint density at radius 3 is 2.28 bits per heavy atom. The molecule has 0 aliphatic carbocycles. The number of halogens is 1. The zero-order chi connectivity index (χ0) is 20.8. The Labute approximate surface area is 172 Å². The normalized spacial score (nSPS) is 14.2. The predicted octanol–water partition coefficient (Wildman–Crippen LogP) is 3.51. The van der Waals surface area contributed by atoms with Crippen molar-refractivity contribution in [2.75, 3.05) is 49.1 Å². The summed E-state index contributed by atoms with van der Waals surface area (Å²) in [6.45, 7) is 10.2. The van der Waals surface area contributed by atoms with E-state index in [0.717, 1.165) is 31.7 Å². The van der Waals surface area contributed by atoms with Crippen molar-refractivity contribution in [2.45, 2.75) is 33.6 Å². The first-order chi connectivity index (χ1) is 14.0. The van der Waals surface area contributed by atoms with E-state index in [1.807, 2.05) is 24.0 Å². The lowest BCUT2D eigenvalue weighted by atomic mass is 10.2. The highest BCUT2D eigenvalue weighted by Crippen LogP contribution is 2.22. The number of amides is 1. The highest BCUT2D eigenvalue weighted by molar-refractivity contribution is 5.93. The largest absolute Gasteiger partial charge is 0.366 e. The number of anilines is 2. The maximum absolute atomic E-state index is 14.1. The molecule has 1 saturated heterocycles. The van der Waals surface area contributed by atoms with E-state index in [1.165, 1.54) is 6.07 Å². The molecule has 2 aromatic rings. The van der Waals surface area contributed by atoms with Gasteiger partial charge in [0, 0.05) is 45.3 Å². The quantitative estimate of drug-likeness (QED) is 0.713. The third-order valence-electron chi connectivity index (χ3n) is 5.11. The molecular weight excluding hydrogens is 369 g/mol. The van der Waals surface area contributed by atoms with Crippen LogP contribution in [0.1, 0.15) is 43.0 Å². The van der Waals surface area contributed by atoms with Crippen LogP contribution in [0.25, 0.3) is 0 Å². The fraction of sp³-hybridized carbons (Fsp3) is 0.500. The summed E-state index contributed by atoms with van der Waals surface area (Å²) >= 11 is 0.